The van der Waals surface area contributed by atoms with Crippen LogP contribution in [0.3, 0.4) is 0 Å². The lowest BCUT2D eigenvalue weighted by atomic mass is 10.1. The van der Waals surface area contributed by atoms with Crippen molar-refractivity contribution in [3.63, 3.8) is 0 Å². The van der Waals surface area contributed by atoms with E-state index >= 15 is 0 Å². The first-order valence-corrected chi connectivity index (χ1v) is 13.6. The van der Waals surface area contributed by atoms with E-state index < -0.39 is 0 Å². The highest BCUT2D eigenvalue weighted by molar-refractivity contribution is 6.02. The molecule has 0 aliphatic carbocycles. The fourth-order valence-electron chi connectivity index (χ4n) is 5.15. The predicted octanol–water partition coefficient (Wildman–Crippen LogP) is 5.56. The van der Waals surface area contributed by atoms with Gasteiger partial charge in [0.2, 0.25) is 5.76 Å². The summed E-state index contributed by atoms with van der Waals surface area (Å²) in [6.07, 6.45) is 5.72. The van der Waals surface area contributed by atoms with Crippen molar-refractivity contribution in [1.29, 1.82) is 0 Å². The Kier molecular flexibility index (Phi) is 7.19. The van der Waals surface area contributed by atoms with E-state index in [1.165, 1.54) is 50.0 Å². The number of aryl methyl sites for hydroxylation is 2. The minimum absolute atomic E-state index is 0.184. The quantitative estimate of drug-likeness (QED) is 0.274. The molecule has 1 amide bonds. The molecular weight excluding hydrogens is 488 g/mol. The predicted molar refractivity (Wildman–Crippen MR) is 151 cm³/mol. The van der Waals surface area contributed by atoms with E-state index in [1.54, 1.807) is 13.0 Å². The van der Waals surface area contributed by atoms with Crippen LogP contribution in [-0.4, -0.2) is 50.2 Å². The number of hydrogen-bond acceptors (Lipinski definition) is 6. The number of rotatable bonds is 9. The van der Waals surface area contributed by atoms with E-state index in [4.69, 9.17) is 14.6 Å². The molecule has 1 N–H and O–H groups in total. The Balaban J connectivity index is 1.11. The molecule has 0 radical (unpaired) electrons. The zero-order valence-electron chi connectivity index (χ0n) is 22.1. The topological polar surface area (TPSA) is 88.6 Å². The number of nitrogens with one attached hydrogen (secondary N) is 1. The monoisotopic (exact) mass is 520 g/mol. The second-order valence-electron chi connectivity index (χ2n) is 10.2. The molecule has 4 heterocycles. The molecule has 8 heteroatoms. The molecule has 0 saturated carbocycles. The first-order chi connectivity index (χ1) is 19.1. The number of carbonyl (C=O) groups is 1. The van der Waals surface area contributed by atoms with Crippen molar-refractivity contribution in [2.45, 2.75) is 39.0 Å². The van der Waals surface area contributed by atoms with Gasteiger partial charge in [0.25, 0.3) is 5.91 Å². The Hall–Kier alpha value is -4.30. The van der Waals surface area contributed by atoms with E-state index in [2.05, 4.69) is 39.6 Å². The van der Waals surface area contributed by atoms with Crippen LogP contribution < -0.4 is 5.32 Å². The lowest BCUT2D eigenvalue weighted by Gasteiger charge is -2.13. The third kappa shape index (κ3) is 5.91. The van der Waals surface area contributed by atoms with E-state index in [0.717, 1.165) is 29.1 Å². The molecule has 0 atom stereocenters. The van der Waals surface area contributed by atoms with Crippen LogP contribution >= 0.6 is 0 Å². The van der Waals surface area contributed by atoms with Crippen molar-refractivity contribution in [2.24, 2.45) is 0 Å². The highest BCUT2D eigenvalue weighted by atomic mass is 16.5. The van der Waals surface area contributed by atoms with Gasteiger partial charge < -0.3 is 14.7 Å². The number of likely N-dealkylation sites (tertiary alicyclic amines) is 1. The first kappa shape index (κ1) is 25.0. The summed E-state index contributed by atoms with van der Waals surface area (Å²) in [6.45, 7) is 5.51. The van der Waals surface area contributed by atoms with Crippen molar-refractivity contribution >= 4 is 17.2 Å². The van der Waals surface area contributed by atoms with Crippen LogP contribution in [0.25, 0.3) is 16.9 Å². The van der Waals surface area contributed by atoms with Gasteiger partial charge in [-0.25, -0.2) is 9.50 Å². The van der Waals surface area contributed by atoms with Gasteiger partial charge in [-0.2, -0.15) is 5.10 Å². The van der Waals surface area contributed by atoms with Crippen LogP contribution in [0, 0.1) is 6.92 Å². The smallest absolute Gasteiger partial charge is 0.294 e. The molecule has 6 rings (SSSR count). The zero-order chi connectivity index (χ0) is 26.6. The number of amides is 1. The SMILES string of the molecule is Cc1cc(C(=O)Nc2ccc(-c3cccc4nc(Cc5ccc(CCCN6CCCC6)cc5)nn34)cc2)on1. The lowest BCUT2D eigenvalue weighted by molar-refractivity contribution is 0.0988. The highest BCUT2D eigenvalue weighted by Crippen LogP contribution is 2.23. The minimum Gasteiger partial charge on any atom is -0.351 e. The van der Waals surface area contributed by atoms with Crippen LogP contribution in [-0.2, 0) is 12.8 Å². The molecular formula is C31H32N6O2. The maximum Gasteiger partial charge on any atom is 0.294 e. The normalized spacial score (nSPS) is 13.8. The van der Waals surface area contributed by atoms with Gasteiger partial charge in [-0.1, -0.05) is 47.6 Å². The van der Waals surface area contributed by atoms with E-state index in [-0.39, 0.29) is 11.7 Å². The van der Waals surface area contributed by atoms with Crippen LogP contribution in [0.15, 0.2) is 77.3 Å². The Morgan fingerprint density at radius 1 is 0.974 bits per heavy atom. The van der Waals surface area contributed by atoms with Crippen LogP contribution in [0.4, 0.5) is 5.69 Å². The third-order valence-corrected chi connectivity index (χ3v) is 7.22. The van der Waals surface area contributed by atoms with Gasteiger partial charge in [0.05, 0.1) is 11.4 Å². The maximum absolute atomic E-state index is 12.4. The van der Waals surface area contributed by atoms with Gasteiger partial charge in [-0.15, -0.1) is 0 Å². The van der Waals surface area contributed by atoms with Crippen molar-refractivity contribution in [3.8, 4) is 11.3 Å². The molecule has 0 bridgehead atoms. The summed E-state index contributed by atoms with van der Waals surface area (Å²) in [5.41, 5.74) is 6.64. The summed E-state index contributed by atoms with van der Waals surface area (Å²) in [6, 6.07) is 24.1. The number of benzene rings is 2. The Morgan fingerprint density at radius 3 is 2.49 bits per heavy atom. The summed E-state index contributed by atoms with van der Waals surface area (Å²) in [4.78, 5) is 19.7. The van der Waals surface area contributed by atoms with Crippen molar-refractivity contribution in [2.75, 3.05) is 25.0 Å². The molecule has 3 aromatic heterocycles. The third-order valence-electron chi connectivity index (χ3n) is 7.22. The van der Waals surface area contributed by atoms with E-state index in [9.17, 15) is 4.79 Å². The van der Waals surface area contributed by atoms with Gasteiger partial charge in [-0.05, 0) is 87.6 Å². The standard InChI is InChI=1S/C31H32N6O2/c1-22-20-28(39-35-22)31(38)32-26-15-13-25(14-16-26)27-7-4-8-30-33-29(34-37(27)30)21-24-11-9-23(10-12-24)6-5-19-36-17-2-3-18-36/h4,7-16,20H,2-3,5-6,17-19,21H2,1H3,(H,32,38). The number of aromatic nitrogens is 4. The molecule has 2 aromatic carbocycles. The van der Waals surface area contributed by atoms with Crippen LogP contribution in [0.2, 0.25) is 0 Å². The molecule has 1 aliphatic heterocycles. The number of fused-ring (bicyclic) bond motifs is 1. The Morgan fingerprint density at radius 2 is 1.74 bits per heavy atom. The maximum atomic E-state index is 12.4. The zero-order valence-corrected chi connectivity index (χ0v) is 22.1. The first-order valence-electron chi connectivity index (χ1n) is 13.6. The average molecular weight is 521 g/mol. The van der Waals surface area contributed by atoms with Gasteiger partial charge in [0.15, 0.2) is 11.5 Å². The number of hydrogen-bond donors (Lipinski definition) is 1. The summed E-state index contributed by atoms with van der Waals surface area (Å²) in [5.74, 6) is 0.639. The second kappa shape index (κ2) is 11.2. The van der Waals surface area contributed by atoms with Crippen molar-refractivity contribution < 1.29 is 9.32 Å². The lowest BCUT2D eigenvalue weighted by Crippen LogP contribution is -2.20. The minimum atomic E-state index is -0.332. The van der Waals surface area contributed by atoms with Gasteiger partial charge in [-0.3, -0.25) is 4.79 Å². The Bertz CT molecular complexity index is 1560. The van der Waals surface area contributed by atoms with E-state index in [1.807, 2.05) is 47.0 Å². The number of nitrogens with zero attached hydrogens (tertiary/aromatic N) is 5. The van der Waals surface area contributed by atoms with Gasteiger partial charge >= 0.3 is 0 Å². The van der Waals surface area contributed by atoms with Gasteiger partial charge in [0.1, 0.15) is 0 Å². The van der Waals surface area contributed by atoms with Crippen molar-refractivity contribution in [3.05, 3.63) is 101 Å². The number of carbonyl (C=O) groups excluding carboxylic acids is 1. The molecule has 1 saturated heterocycles. The Labute approximate surface area is 227 Å². The molecule has 39 heavy (non-hydrogen) atoms. The molecule has 5 aromatic rings. The summed E-state index contributed by atoms with van der Waals surface area (Å²) in [7, 11) is 0. The summed E-state index contributed by atoms with van der Waals surface area (Å²) in [5, 5.41) is 11.4. The fourth-order valence-corrected chi connectivity index (χ4v) is 5.15. The number of anilines is 1. The van der Waals surface area contributed by atoms with Crippen molar-refractivity contribution in [1.82, 2.24) is 24.7 Å². The van der Waals surface area contributed by atoms with E-state index in [0.29, 0.717) is 17.8 Å². The second-order valence-corrected chi connectivity index (χ2v) is 10.2. The largest absolute Gasteiger partial charge is 0.351 e. The molecule has 0 unspecified atom stereocenters. The number of pyridine rings is 1. The van der Waals surface area contributed by atoms with Crippen LogP contribution in [0.1, 0.15) is 52.5 Å². The summed E-state index contributed by atoms with van der Waals surface area (Å²) >= 11 is 0. The summed E-state index contributed by atoms with van der Waals surface area (Å²) < 4.78 is 6.92. The average Bonchev–Trinajstić information content (AvgIpc) is 3.71. The van der Waals surface area contributed by atoms with Gasteiger partial charge in [0, 0.05) is 23.7 Å². The molecule has 198 valence electrons. The van der Waals surface area contributed by atoms with Crippen LogP contribution in [0.5, 0.6) is 0 Å². The fraction of sp³-hybridized carbons (Fsp3) is 0.290. The highest BCUT2D eigenvalue weighted by Gasteiger charge is 2.14. The molecule has 1 aliphatic rings. The molecule has 1 fully saturated rings. The molecule has 0 spiro atoms. The molecule has 8 nitrogen and oxygen atoms in total.